The zero-order valence-electron chi connectivity index (χ0n) is 35.7. The molecule has 1 N–H and O–H groups in total. The van der Waals surface area contributed by atoms with Crippen molar-refractivity contribution in [1.82, 2.24) is 69.4 Å². The molecule has 0 atom stereocenters. The third-order valence-electron chi connectivity index (χ3n) is 11.7. The molecule has 8 heterocycles. The third kappa shape index (κ3) is 8.44. The van der Waals surface area contributed by atoms with Crippen LogP contribution >= 0.6 is 0 Å². The van der Waals surface area contributed by atoms with Crippen molar-refractivity contribution in [2.24, 2.45) is 0 Å². The number of piperidine rings is 2. The fraction of sp³-hybridized carbons (Fsp3) is 0.378. The molecule has 14 nitrogen and oxygen atoms in total. The fourth-order valence-corrected chi connectivity index (χ4v) is 8.24. The lowest BCUT2D eigenvalue weighted by atomic mass is 10.0. The summed E-state index contributed by atoms with van der Waals surface area (Å²) >= 11 is 0. The molecule has 0 aliphatic carbocycles. The Bertz CT molecular complexity index is 2900. The predicted octanol–water partition coefficient (Wildman–Crippen LogP) is 8.30. The zero-order valence-corrected chi connectivity index (χ0v) is 35.7. The molecule has 18 heteroatoms. The lowest BCUT2D eigenvalue weighted by Gasteiger charge is -2.29. The normalized spacial score (nSPS) is 15.5. The molecule has 63 heavy (non-hydrogen) atoms. The maximum Gasteiger partial charge on any atom is 0.177 e. The molecular formula is C45H48F4N14. The molecule has 10 rings (SSSR count). The van der Waals surface area contributed by atoms with E-state index < -0.39 is 23.3 Å². The summed E-state index contributed by atoms with van der Waals surface area (Å²) in [7, 11) is 2.11. The van der Waals surface area contributed by atoms with Crippen LogP contribution in [-0.4, -0.2) is 97.3 Å². The monoisotopic (exact) mass is 860 g/mol. The van der Waals surface area contributed by atoms with E-state index in [4.69, 9.17) is 20.4 Å². The van der Waals surface area contributed by atoms with Gasteiger partial charge in [-0.1, -0.05) is 27.7 Å². The van der Waals surface area contributed by atoms with Crippen LogP contribution in [0.15, 0.2) is 73.1 Å². The molecule has 2 aromatic carbocycles. The SMILES string of the molecule is CC(C)c1nnc2ccc(-c3cn(C4CCN(C)CC4)nc3-c3ccc(F)cc3F)nn12.CC(C)c1nnc2ccc(-c3cn(C4CCNCC4)nc3-c3ccc(F)cc3F)nn12. The molecule has 0 unspecified atom stereocenters. The van der Waals surface area contributed by atoms with Gasteiger partial charge >= 0.3 is 0 Å². The summed E-state index contributed by atoms with van der Waals surface area (Å²) in [5, 5.41) is 39.2. The number of halogens is 4. The van der Waals surface area contributed by atoms with E-state index in [1.165, 1.54) is 24.3 Å². The van der Waals surface area contributed by atoms with Crippen molar-refractivity contribution < 1.29 is 17.6 Å². The fourth-order valence-electron chi connectivity index (χ4n) is 8.24. The first kappa shape index (κ1) is 41.9. The minimum Gasteiger partial charge on any atom is -0.317 e. The highest BCUT2D eigenvalue weighted by molar-refractivity contribution is 5.80. The van der Waals surface area contributed by atoms with Crippen molar-refractivity contribution in [2.45, 2.75) is 77.3 Å². The van der Waals surface area contributed by atoms with Gasteiger partial charge in [-0.25, -0.2) is 17.6 Å². The Morgan fingerprint density at radius 1 is 0.540 bits per heavy atom. The number of nitrogens with one attached hydrogen (secondary N) is 1. The van der Waals surface area contributed by atoms with Crippen molar-refractivity contribution >= 4 is 11.3 Å². The molecule has 0 saturated carbocycles. The Labute approximate surface area is 361 Å². The first-order chi connectivity index (χ1) is 30.4. The minimum atomic E-state index is -0.648. The van der Waals surface area contributed by atoms with Gasteiger partial charge in [0.1, 0.15) is 34.7 Å². The highest BCUT2D eigenvalue weighted by Gasteiger charge is 2.26. The molecule has 6 aromatic heterocycles. The average molecular weight is 861 g/mol. The van der Waals surface area contributed by atoms with Gasteiger partial charge in [0.05, 0.1) is 23.5 Å². The van der Waals surface area contributed by atoms with Crippen LogP contribution in [0.1, 0.15) is 88.9 Å². The van der Waals surface area contributed by atoms with Gasteiger partial charge in [-0.05, 0) is 107 Å². The Kier molecular flexibility index (Phi) is 11.6. The summed E-state index contributed by atoms with van der Waals surface area (Å²) in [5.41, 5.74) is 5.35. The van der Waals surface area contributed by atoms with Crippen LogP contribution in [0.2, 0.25) is 0 Å². The van der Waals surface area contributed by atoms with E-state index in [9.17, 15) is 17.6 Å². The standard InChI is InChI=1S/C23H25F2N7.C22H23F2N7/c1-14(2)23-27-26-21-7-6-20(28-32(21)23)18-13-31(16-8-10-30(3)11-9-16)29-22(18)17-5-4-15(24)12-19(17)25;1-13(2)22-27-26-20-6-5-19(28-31(20)22)17-12-30(15-7-9-25-10-8-15)29-21(17)16-4-3-14(23)11-18(16)24/h4-7,12-14,16H,8-11H2,1-3H3;3-6,11-13,15,25H,7-10H2,1-2H3. The van der Waals surface area contributed by atoms with Gasteiger partial charge < -0.3 is 10.2 Å². The molecule has 2 aliphatic rings. The second-order valence-corrected chi connectivity index (χ2v) is 16.9. The highest BCUT2D eigenvalue weighted by Crippen LogP contribution is 2.36. The minimum absolute atomic E-state index is 0.142. The molecule has 2 fully saturated rings. The second kappa shape index (κ2) is 17.4. The Morgan fingerprint density at radius 3 is 1.41 bits per heavy atom. The van der Waals surface area contributed by atoms with E-state index in [1.807, 2.05) is 73.7 Å². The molecule has 2 saturated heterocycles. The number of hydrogen-bond acceptors (Lipinski definition) is 10. The van der Waals surface area contributed by atoms with Crippen LogP contribution in [-0.2, 0) is 0 Å². The largest absolute Gasteiger partial charge is 0.317 e. The number of likely N-dealkylation sites (tertiary alicyclic amines) is 1. The topological polar surface area (TPSA) is 137 Å². The van der Waals surface area contributed by atoms with E-state index >= 15 is 0 Å². The molecule has 2 aliphatic heterocycles. The number of hydrogen-bond donors (Lipinski definition) is 1. The van der Waals surface area contributed by atoms with Crippen LogP contribution in [0.5, 0.6) is 0 Å². The summed E-state index contributed by atoms with van der Waals surface area (Å²) in [4.78, 5) is 2.29. The van der Waals surface area contributed by atoms with Gasteiger partial charge in [-0.15, -0.1) is 20.4 Å². The molecule has 0 spiro atoms. The smallest absolute Gasteiger partial charge is 0.177 e. The van der Waals surface area contributed by atoms with Crippen molar-refractivity contribution in [3.8, 4) is 45.0 Å². The lowest BCUT2D eigenvalue weighted by Crippen LogP contribution is -2.31. The Morgan fingerprint density at radius 2 is 0.984 bits per heavy atom. The summed E-state index contributed by atoms with van der Waals surface area (Å²) in [6.07, 6.45) is 7.63. The van der Waals surface area contributed by atoms with E-state index in [1.54, 1.807) is 9.03 Å². The van der Waals surface area contributed by atoms with Gasteiger partial charge in [0.25, 0.3) is 0 Å². The number of benzene rings is 2. The van der Waals surface area contributed by atoms with Crippen LogP contribution in [0.3, 0.4) is 0 Å². The molecule has 8 aromatic rings. The maximum atomic E-state index is 14.8. The molecule has 0 amide bonds. The second-order valence-electron chi connectivity index (χ2n) is 16.9. The molecular weight excluding hydrogens is 813 g/mol. The zero-order chi connectivity index (χ0) is 43.9. The van der Waals surface area contributed by atoms with E-state index in [0.29, 0.717) is 45.2 Å². The van der Waals surface area contributed by atoms with Crippen molar-refractivity contribution in [3.63, 3.8) is 0 Å². The van der Waals surface area contributed by atoms with Crippen LogP contribution in [0, 0.1) is 23.3 Å². The van der Waals surface area contributed by atoms with Crippen molar-refractivity contribution in [1.29, 1.82) is 0 Å². The Hall–Kier alpha value is -6.40. The first-order valence-electron chi connectivity index (χ1n) is 21.4. The van der Waals surface area contributed by atoms with E-state index in [2.05, 4.69) is 37.7 Å². The number of rotatable bonds is 8. The van der Waals surface area contributed by atoms with Crippen LogP contribution < -0.4 is 5.32 Å². The summed E-state index contributed by atoms with van der Waals surface area (Å²) in [6, 6.07) is 14.9. The van der Waals surface area contributed by atoms with Gasteiger partial charge in [0.15, 0.2) is 22.9 Å². The molecule has 0 bridgehead atoms. The Balaban J connectivity index is 0.000000160. The molecule has 326 valence electrons. The predicted molar refractivity (Wildman–Crippen MR) is 230 cm³/mol. The number of nitrogens with zero attached hydrogens (tertiary/aromatic N) is 13. The van der Waals surface area contributed by atoms with Crippen LogP contribution in [0.4, 0.5) is 17.6 Å². The molecule has 0 radical (unpaired) electrons. The number of fused-ring (bicyclic) bond motifs is 2. The van der Waals surface area contributed by atoms with E-state index in [-0.39, 0.29) is 35.0 Å². The van der Waals surface area contributed by atoms with Gasteiger partial charge in [0.2, 0.25) is 0 Å². The summed E-state index contributed by atoms with van der Waals surface area (Å²) in [6.45, 7) is 11.9. The first-order valence-corrected chi connectivity index (χ1v) is 21.4. The third-order valence-corrected chi connectivity index (χ3v) is 11.7. The number of aromatic nitrogens is 12. The summed E-state index contributed by atoms with van der Waals surface area (Å²) in [5.74, 6) is -0.748. The summed E-state index contributed by atoms with van der Waals surface area (Å²) < 4.78 is 63.8. The van der Waals surface area contributed by atoms with Gasteiger partial charge in [-0.2, -0.15) is 29.4 Å². The van der Waals surface area contributed by atoms with Crippen LogP contribution in [0.25, 0.3) is 56.3 Å². The average Bonchev–Trinajstić information content (AvgIpc) is 4.09. The lowest BCUT2D eigenvalue weighted by molar-refractivity contribution is 0.212. The quantitative estimate of drug-likeness (QED) is 0.149. The van der Waals surface area contributed by atoms with E-state index in [0.717, 1.165) is 75.6 Å². The van der Waals surface area contributed by atoms with Crippen molar-refractivity contribution in [3.05, 3.63) is 108 Å². The maximum absolute atomic E-state index is 14.8. The highest BCUT2D eigenvalue weighted by atomic mass is 19.1. The van der Waals surface area contributed by atoms with Gasteiger partial charge in [0, 0.05) is 58.6 Å². The van der Waals surface area contributed by atoms with Crippen molar-refractivity contribution in [2.75, 3.05) is 33.2 Å². The van der Waals surface area contributed by atoms with Gasteiger partial charge in [-0.3, -0.25) is 9.36 Å².